The SMILES string of the molecule is CC(N)/C(=C\N)C(C)NC(=O)c1ccc(OC2CCNCC2)cc1. The van der Waals surface area contributed by atoms with Crippen LogP contribution in [-0.2, 0) is 0 Å². The number of carbonyl (C=O) groups excluding carboxylic acids is 1. The van der Waals surface area contributed by atoms with E-state index in [4.69, 9.17) is 16.2 Å². The van der Waals surface area contributed by atoms with E-state index in [1.807, 2.05) is 26.0 Å². The zero-order valence-corrected chi connectivity index (χ0v) is 14.4. The van der Waals surface area contributed by atoms with Gasteiger partial charge < -0.3 is 26.8 Å². The van der Waals surface area contributed by atoms with Crippen molar-refractivity contribution in [3.05, 3.63) is 41.6 Å². The third kappa shape index (κ3) is 4.97. The van der Waals surface area contributed by atoms with Gasteiger partial charge in [0.25, 0.3) is 5.91 Å². The maximum Gasteiger partial charge on any atom is 0.251 e. The van der Waals surface area contributed by atoms with Gasteiger partial charge in [-0.2, -0.15) is 0 Å². The summed E-state index contributed by atoms with van der Waals surface area (Å²) in [7, 11) is 0. The molecule has 0 aromatic heterocycles. The minimum absolute atomic E-state index is 0.157. The second kappa shape index (κ2) is 8.70. The fourth-order valence-corrected chi connectivity index (χ4v) is 2.84. The lowest BCUT2D eigenvalue weighted by Crippen LogP contribution is -2.39. The van der Waals surface area contributed by atoms with Gasteiger partial charge in [0, 0.05) is 11.6 Å². The van der Waals surface area contributed by atoms with Crippen molar-refractivity contribution < 1.29 is 9.53 Å². The van der Waals surface area contributed by atoms with Crippen LogP contribution in [0.1, 0.15) is 37.0 Å². The van der Waals surface area contributed by atoms with E-state index in [1.54, 1.807) is 12.1 Å². The summed E-state index contributed by atoms with van der Waals surface area (Å²) in [4.78, 5) is 12.3. The standard InChI is InChI=1S/C18H28N4O2/c1-12(20)17(11-19)13(2)22-18(23)14-3-5-15(6-4-14)24-16-7-9-21-10-8-16/h3-6,11-13,16,21H,7-10,19-20H2,1-2H3,(H,22,23)/b17-11+. The van der Waals surface area contributed by atoms with E-state index in [-0.39, 0.29) is 24.1 Å². The molecule has 0 aliphatic carbocycles. The molecule has 1 aromatic carbocycles. The van der Waals surface area contributed by atoms with E-state index in [0.29, 0.717) is 5.56 Å². The van der Waals surface area contributed by atoms with Gasteiger partial charge in [0.05, 0.1) is 6.04 Å². The van der Waals surface area contributed by atoms with Crippen LogP contribution in [0.15, 0.2) is 36.0 Å². The third-order valence-electron chi connectivity index (χ3n) is 4.27. The summed E-state index contributed by atoms with van der Waals surface area (Å²) in [5, 5.41) is 6.22. The van der Waals surface area contributed by atoms with Crippen LogP contribution in [-0.4, -0.2) is 37.2 Å². The Kier molecular flexibility index (Phi) is 6.63. The van der Waals surface area contributed by atoms with Gasteiger partial charge in [0.15, 0.2) is 0 Å². The summed E-state index contributed by atoms with van der Waals surface area (Å²) in [6.45, 7) is 5.68. The van der Waals surface area contributed by atoms with Crippen molar-refractivity contribution in [1.82, 2.24) is 10.6 Å². The molecule has 2 rings (SSSR count). The molecule has 1 fully saturated rings. The first-order valence-electron chi connectivity index (χ1n) is 8.46. The van der Waals surface area contributed by atoms with Gasteiger partial charge in [0.1, 0.15) is 11.9 Å². The quantitative estimate of drug-likeness (QED) is 0.625. The topological polar surface area (TPSA) is 102 Å². The zero-order valence-electron chi connectivity index (χ0n) is 14.4. The Morgan fingerprint density at radius 2 is 1.92 bits per heavy atom. The molecule has 1 aromatic rings. The van der Waals surface area contributed by atoms with Crippen LogP contribution in [0.3, 0.4) is 0 Å². The van der Waals surface area contributed by atoms with Crippen molar-refractivity contribution in [2.24, 2.45) is 11.5 Å². The Morgan fingerprint density at radius 1 is 1.29 bits per heavy atom. The molecular weight excluding hydrogens is 304 g/mol. The molecule has 6 N–H and O–H groups in total. The van der Waals surface area contributed by atoms with Crippen molar-refractivity contribution in [3.63, 3.8) is 0 Å². The molecule has 0 radical (unpaired) electrons. The van der Waals surface area contributed by atoms with Crippen LogP contribution in [0, 0.1) is 0 Å². The van der Waals surface area contributed by atoms with Gasteiger partial charge in [-0.1, -0.05) is 0 Å². The van der Waals surface area contributed by atoms with Crippen molar-refractivity contribution >= 4 is 5.91 Å². The predicted octanol–water partition coefficient (Wildman–Crippen LogP) is 1.13. The number of hydrogen-bond acceptors (Lipinski definition) is 5. The van der Waals surface area contributed by atoms with E-state index < -0.39 is 0 Å². The molecule has 1 aliphatic rings. The van der Waals surface area contributed by atoms with Crippen LogP contribution in [0.5, 0.6) is 5.75 Å². The van der Waals surface area contributed by atoms with Crippen LogP contribution in [0.4, 0.5) is 0 Å². The Balaban J connectivity index is 1.93. The van der Waals surface area contributed by atoms with Crippen molar-refractivity contribution in [2.45, 2.75) is 44.9 Å². The lowest BCUT2D eigenvalue weighted by atomic mass is 10.0. The van der Waals surface area contributed by atoms with Gasteiger partial charge in [-0.3, -0.25) is 4.79 Å². The Labute approximate surface area is 143 Å². The maximum absolute atomic E-state index is 12.3. The lowest BCUT2D eigenvalue weighted by Gasteiger charge is -2.24. The number of amides is 1. The number of hydrogen-bond donors (Lipinski definition) is 4. The van der Waals surface area contributed by atoms with Gasteiger partial charge in [-0.25, -0.2) is 0 Å². The molecule has 1 heterocycles. The molecule has 6 nitrogen and oxygen atoms in total. The number of nitrogens with two attached hydrogens (primary N) is 2. The second-order valence-electron chi connectivity index (χ2n) is 6.24. The van der Waals surface area contributed by atoms with E-state index in [9.17, 15) is 4.79 Å². The zero-order chi connectivity index (χ0) is 17.5. The number of nitrogens with one attached hydrogen (secondary N) is 2. The predicted molar refractivity (Wildman–Crippen MR) is 95.8 cm³/mol. The van der Waals surface area contributed by atoms with E-state index in [1.165, 1.54) is 6.20 Å². The third-order valence-corrected chi connectivity index (χ3v) is 4.27. The van der Waals surface area contributed by atoms with E-state index >= 15 is 0 Å². The molecule has 24 heavy (non-hydrogen) atoms. The summed E-state index contributed by atoms with van der Waals surface area (Å²) < 4.78 is 5.94. The van der Waals surface area contributed by atoms with Crippen LogP contribution in [0.2, 0.25) is 0 Å². The highest BCUT2D eigenvalue weighted by Gasteiger charge is 2.17. The summed E-state index contributed by atoms with van der Waals surface area (Å²) in [5.74, 6) is 0.639. The average molecular weight is 332 g/mol. The fourth-order valence-electron chi connectivity index (χ4n) is 2.84. The molecule has 6 heteroatoms. The average Bonchev–Trinajstić information content (AvgIpc) is 2.56. The minimum atomic E-state index is -0.215. The van der Waals surface area contributed by atoms with Gasteiger partial charge in [-0.05, 0) is 75.8 Å². The lowest BCUT2D eigenvalue weighted by molar-refractivity contribution is 0.0944. The molecule has 1 amide bonds. The highest BCUT2D eigenvalue weighted by atomic mass is 16.5. The van der Waals surface area contributed by atoms with Crippen LogP contribution in [0.25, 0.3) is 0 Å². The highest BCUT2D eigenvalue weighted by molar-refractivity contribution is 5.94. The summed E-state index contributed by atoms with van der Waals surface area (Å²) in [5.41, 5.74) is 12.8. The first kappa shape index (κ1) is 18.3. The number of benzene rings is 1. The molecule has 1 aliphatic heterocycles. The maximum atomic E-state index is 12.3. The summed E-state index contributed by atoms with van der Waals surface area (Å²) in [6, 6.07) is 6.81. The largest absolute Gasteiger partial charge is 0.490 e. The molecule has 0 bridgehead atoms. The van der Waals surface area contributed by atoms with Crippen LogP contribution < -0.4 is 26.8 Å². The number of carbonyl (C=O) groups is 1. The fraction of sp³-hybridized carbons (Fsp3) is 0.500. The second-order valence-corrected chi connectivity index (χ2v) is 6.24. The number of rotatable bonds is 6. The number of ether oxygens (including phenoxy) is 1. The van der Waals surface area contributed by atoms with Crippen LogP contribution >= 0.6 is 0 Å². The van der Waals surface area contributed by atoms with Gasteiger partial charge >= 0.3 is 0 Å². The smallest absolute Gasteiger partial charge is 0.251 e. The first-order valence-corrected chi connectivity index (χ1v) is 8.46. The Morgan fingerprint density at radius 3 is 2.46 bits per heavy atom. The molecule has 0 saturated carbocycles. The number of piperidine rings is 1. The Bertz CT molecular complexity index is 563. The summed E-state index contributed by atoms with van der Waals surface area (Å²) in [6.07, 6.45) is 3.72. The van der Waals surface area contributed by atoms with Gasteiger partial charge in [0.2, 0.25) is 0 Å². The van der Waals surface area contributed by atoms with Crippen molar-refractivity contribution in [2.75, 3.05) is 13.1 Å². The molecule has 132 valence electrons. The molecular formula is C18H28N4O2. The monoisotopic (exact) mass is 332 g/mol. The summed E-state index contributed by atoms with van der Waals surface area (Å²) >= 11 is 0. The Hall–Kier alpha value is -2.05. The minimum Gasteiger partial charge on any atom is -0.490 e. The van der Waals surface area contributed by atoms with E-state index in [2.05, 4.69) is 10.6 Å². The normalized spacial score (nSPS) is 18.7. The first-order chi connectivity index (χ1) is 11.5. The molecule has 1 saturated heterocycles. The molecule has 0 spiro atoms. The van der Waals surface area contributed by atoms with E-state index in [0.717, 1.165) is 37.3 Å². The van der Waals surface area contributed by atoms with Crippen molar-refractivity contribution in [1.29, 1.82) is 0 Å². The molecule has 2 unspecified atom stereocenters. The molecule has 2 atom stereocenters. The van der Waals surface area contributed by atoms with Gasteiger partial charge in [-0.15, -0.1) is 0 Å². The van der Waals surface area contributed by atoms with Crippen molar-refractivity contribution in [3.8, 4) is 5.75 Å². The highest BCUT2D eigenvalue weighted by Crippen LogP contribution is 2.17.